The Morgan fingerprint density at radius 3 is 2.82 bits per heavy atom. The maximum atomic E-state index is 5.90. The van der Waals surface area contributed by atoms with Crippen molar-refractivity contribution < 1.29 is 0 Å². The van der Waals surface area contributed by atoms with Gasteiger partial charge in [-0.1, -0.05) is 6.92 Å². The van der Waals surface area contributed by atoms with Gasteiger partial charge in [-0.15, -0.1) is 4.40 Å². The zero-order valence-corrected chi connectivity index (χ0v) is 11.3. The number of hydrogen-bond acceptors (Lipinski definition) is 5. The number of fused-ring (bicyclic) bond motifs is 1. The van der Waals surface area contributed by atoms with Crippen LogP contribution in [0, 0.1) is 6.92 Å². The van der Waals surface area contributed by atoms with Gasteiger partial charge in [0.05, 0.1) is 25.0 Å². The van der Waals surface area contributed by atoms with Crippen molar-refractivity contribution in [1.29, 1.82) is 0 Å². The molecule has 92 valence electrons. The first-order valence-electron chi connectivity index (χ1n) is 5.87. The van der Waals surface area contributed by atoms with Crippen LogP contribution in [0.3, 0.4) is 0 Å². The Hall–Kier alpha value is -1.14. The molecule has 2 N–H and O–H groups in total. The molecule has 0 bridgehead atoms. The van der Waals surface area contributed by atoms with Gasteiger partial charge in [0.1, 0.15) is 0 Å². The molecule has 6 heteroatoms. The van der Waals surface area contributed by atoms with Gasteiger partial charge < -0.3 is 5.73 Å². The summed E-state index contributed by atoms with van der Waals surface area (Å²) in [6, 6.07) is 0. The minimum absolute atomic E-state index is 0.486. The van der Waals surface area contributed by atoms with Crippen LogP contribution in [0.5, 0.6) is 0 Å². The van der Waals surface area contributed by atoms with E-state index in [4.69, 9.17) is 5.73 Å². The predicted molar refractivity (Wildman–Crippen MR) is 72.6 cm³/mol. The van der Waals surface area contributed by atoms with Gasteiger partial charge in [-0.25, -0.2) is 4.98 Å². The Bertz CT molecular complexity index is 459. The van der Waals surface area contributed by atoms with E-state index in [2.05, 4.69) is 28.2 Å². The summed E-state index contributed by atoms with van der Waals surface area (Å²) in [4.78, 5) is 9.01. The highest BCUT2D eigenvalue weighted by molar-refractivity contribution is 7.97. The van der Waals surface area contributed by atoms with Crippen molar-refractivity contribution >= 4 is 23.8 Å². The standard InChI is InChI=1S/C11H18N5S/c1-4-6-16(5-2)11-9(10(12)15-17-16)14-8(3)7-13-11/h7H,4-6H2,1-3H3,(H2,12,15)/q+1. The monoisotopic (exact) mass is 252 g/mol. The highest BCUT2D eigenvalue weighted by Gasteiger charge is 2.40. The van der Waals surface area contributed by atoms with Crippen LogP contribution >= 0.6 is 12.1 Å². The van der Waals surface area contributed by atoms with Crippen molar-refractivity contribution in [2.45, 2.75) is 27.2 Å². The van der Waals surface area contributed by atoms with Crippen molar-refractivity contribution in [2.75, 3.05) is 13.1 Å². The lowest BCUT2D eigenvalue weighted by atomic mass is 10.3. The van der Waals surface area contributed by atoms with Crippen LogP contribution in [-0.2, 0) is 0 Å². The molecule has 17 heavy (non-hydrogen) atoms. The van der Waals surface area contributed by atoms with Crippen molar-refractivity contribution in [2.24, 2.45) is 10.1 Å². The summed E-state index contributed by atoms with van der Waals surface area (Å²) in [6.45, 7) is 8.15. The molecule has 1 aromatic rings. The third kappa shape index (κ3) is 2.02. The van der Waals surface area contributed by atoms with Gasteiger partial charge in [0.2, 0.25) is 12.1 Å². The van der Waals surface area contributed by atoms with Gasteiger partial charge >= 0.3 is 0 Å². The first-order valence-corrected chi connectivity index (χ1v) is 6.60. The lowest BCUT2D eigenvalue weighted by Crippen LogP contribution is -2.46. The molecule has 1 unspecified atom stereocenters. The molecule has 1 aliphatic rings. The van der Waals surface area contributed by atoms with Crippen LogP contribution in [-0.4, -0.2) is 28.9 Å². The summed E-state index contributed by atoms with van der Waals surface area (Å²) < 4.78 is 5.02. The minimum Gasteiger partial charge on any atom is -0.381 e. The normalized spacial score (nSPS) is 23.1. The predicted octanol–water partition coefficient (Wildman–Crippen LogP) is 1.80. The summed E-state index contributed by atoms with van der Waals surface area (Å²) in [5.74, 6) is 1.43. The topological polar surface area (TPSA) is 64.2 Å². The van der Waals surface area contributed by atoms with Crippen LogP contribution in [0.1, 0.15) is 31.7 Å². The van der Waals surface area contributed by atoms with E-state index in [0.717, 1.165) is 36.7 Å². The third-order valence-corrected chi connectivity index (χ3v) is 4.10. The van der Waals surface area contributed by atoms with Gasteiger partial charge in [-0.3, -0.25) is 0 Å². The number of nitrogens with zero attached hydrogens (tertiary/aromatic N) is 4. The summed E-state index contributed by atoms with van der Waals surface area (Å²) in [7, 11) is 0. The van der Waals surface area contributed by atoms with Gasteiger partial charge in [-0.05, 0) is 20.3 Å². The minimum atomic E-state index is 0.486. The molecule has 0 spiro atoms. The van der Waals surface area contributed by atoms with Crippen molar-refractivity contribution in [1.82, 2.24) is 13.9 Å². The van der Waals surface area contributed by atoms with Crippen LogP contribution in [0.25, 0.3) is 0 Å². The Morgan fingerprint density at radius 2 is 2.18 bits per heavy atom. The lowest BCUT2D eigenvalue weighted by molar-refractivity contribution is 0.464. The highest BCUT2D eigenvalue weighted by Crippen LogP contribution is 2.37. The highest BCUT2D eigenvalue weighted by atomic mass is 32.2. The SMILES string of the molecule is CCC[N+]1(CC)SN=C(N)c2nc(C)cnc21. The number of hydrogen-bond donors (Lipinski definition) is 1. The van der Waals surface area contributed by atoms with Crippen LogP contribution in [0.4, 0.5) is 5.82 Å². The number of aryl methyl sites for hydroxylation is 1. The summed E-state index contributed by atoms with van der Waals surface area (Å²) in [6.07, 6.45) is 2.88. The molecular weight excluding hydrogens is 234 g/mol. The molecule has 0 radical (unpaired) electrons. The maximum absolute atomic E-state index is 5.90. The van der Waals surface area contributed by atoms with E-state index >= 15 is 0 Å². The molecule has 0 saturated heterocycles. The van der Waals surface area contributed by atoms with Gasteiger partial charge in [0.25, 0.3) is 5.82 Å². The number of nitrogens with two attached hydrogens (primary N) is 1. The fourth-order valence-corrected chi connectivity index (χ4v) is 2.94. The van der Waals surface area contributed by atoms with Crippen molar-refractivity contribution in [3.05, 3.63) is 17.6 Å². The Labute approximate surface area is 106 Å². The molecule has 0 aliphatic carbocycles. The Balaban J connectivity index is 2.56. The third-order valence-electron chi connectivity index (χ3n) is 2.89. The van der Waals surface area contributed by atoms with Crippen LogP contribution < -0.4 is 9.62 Å². The lowest BCUT2D eigenvalue weighted by Gasteiger charge is -2.33. The fourth-order valence-electron chi connectivity index (χ4n) is 2.02. The molecule has 2 rings (SSSR count). The zero-order valence-electron chi connectivity index (χ0n) is 10.5. The van der Waals surface area contributed by atoms with E-state index in [-0.39, 0.29) is 0 Å². The van der Waals surface area contributed by atoms with E-state index in [1.54, 1.807) is 6.20 Å². The maximum Gasteiger partial charge on any atom is 0.270 e. The summed E-state index contributed by atoms with van der Waals surface area (Å²) >= 11 is 1.49. The molecular formula is C11H18N5S+. The van der Waals surface area contributed by atoms with E-state index in [1.807, 2.05) is 6.92 Å². The number of amidine groups is 1. The largest absolute Gasteiger partial charge is 0.381 e. The quantitative estimate of drug-likeness (QED) is 0.658. The Morgan fingerprint density at radius 1 is 1.41 bits per heavy atom. The Kier molecular flexibility index (Phi) is 3.35. The van der Waals surface area contributed by atoms with Crippen molar-refractivity contribution in [3.63, 3.8) is 0 Å². The smallest absolute Gasteiger partial charge is 0.270 e. The molecule has 0 fully saturated rings. The first-order chi connectivity index (χ1) is 8.13. The molecule has 0 amide bonds. The van der Waals surface area contributed by atoms with Gasteiger partial charge in [0.15, 0.2) is 11.5 Å². The molecule has 1 aliphatic heterocycles. The second-order valence-electron chi connectivity index (χ2n) is 4.17. The molecule has 5 nitrogen and oxygen atoms in total. The van der Waals surface area contributed by atoms with E-state index in [1.165, 1.54) is 12.1 Å². The second-order valence-corrected chi connectivity index (χ2v) is 5.22. The zero-order chi connectivity index (χ0) is 12.5. The molecule has 2 heterocycles. The molecule has 0 saturated carbocycles. The van der Waals surface area contributed by atoms with Crippen molar-refractivity contribution in [3.8, 4) is 0 Å². The van der Waals surface area contributed by atoms with E-state index in [0.29, 0.717) is 9.72 Å². The number of quaternary nitrogens is 1. The van der Waals surface area contributed by atoms with Gasteiger partial charge in [0, 0.05) is 0 Å². The summed E-state index contributed by atoms with van der Waals surface area (Å²) in [5, 5.41) is 0. The fraction of sp³-hybridized carbons (Fsp3) is 0.545. The second kappa shape index (κ2) is 4.62. The van der Waals surface area contributed by atoms with Crippen LogP contribution in [0.2, 0.25) is 0 Å². The van der Waals surface area contributed by atoms with E-state index in [9.17, 15) is 0 Å². The van der Waals surface area contributed by atoms with Crippen LogP contribution in [0.15, 0.2) is 10.6 Å². The molecule has 1 aromatic heterocycles. The number of rotatable bonds is 3. The summed E-state index contributed by atoms with van der Waals surface area (Å²) in [5.41, 5.74) is 7.53. The van der Waals surface area contributed by atoms with Gasteiger partial charge in [-0.2, -0.15) is 8.87 Å². The number of aromatic nitrogens is 2. The average Bonchev–Trinajstić information content (AvgIpc) is 2.33. The average molecular weight is 252 g/mol. The molecule has 0 aromatic carbocycles. The first kappa shape index (κ1) is 12.3. The molecule has 1 atom stereocenters. The van der Waals surface area contributed by atoms with E-state index < -0.39 is 0 Å².